The first kappa shape index (κ1) is 15.7. The van der Waals surface area contributed by atoms with E-state index in [1.807, 2.05) is 66.8 Å². The lowest BCUT2D eigenvalue weighted by Crippen LogP contribution is -1.94. The third-order valence-corrected chi connectivity index (χ3v) is 2.89. The van der Waals surface area contributed by atoms with E-state index in [0.29, 0.717) is 6.54 Å². The summed E-state index contributed by atoms with van der Waals surface area (Å²) in [5, 5.41) is 0. The predicted octanol–water partition coefficient (Wildman–Crippen LogP) is 4.76. The van der Waals surface area contributed by atoms with Gasteiger partial charge in [-0.15, -0.1) is 0 Å². The summed E-state index contributed by atoms with van der Waals surface area (Å²) in [6.45, 7) is 11.6. The molecule has 0 heterocycles. The lowest BCUT2D eigenvalue weighted by molar-refractivity contribution is 1.07. The Hall–Kier alpha value is -2.38. The van der Waals surface area contributed by atoms with Crippen molar-refractivity contribution in [2.24, 2.45) is 5.73 Å². The molecule has 0 aliphatic heterocycles. The van der Waals surface area contributed by atoms with Gasteiger partial charge < -0.3 is 5.73 Å². The van der Waals surface area contributed by atoms with Gasteiger partial charge in [-0.25, -0.2) is 0 Å². The van der Waals surface area contributed by atoms with Gasteiger partial charge in [-0.1, -0.05) is 86.5 Å². The summed E-state index contributed by atoms with van der Waals surface area (Å²) in [5.74, 6) is 0. The third kappa shape index (κ3) is 4.71. The first-order valence-corrected chi connectivity index (χ1v) is 6.50. The van der Waals surface area contributed by atoms with E-state index in [-0.39, 0.29) is 0 Å². The maximum absolute atomic E-state index is 5.42. The van der Waals surface area contributed by atoms with Gasteiger partial charge >= 0.3 is 0 Å². The molecule has 0 spiro atoms. The fraction of sp³-hybridized carbons (Fsp3) is 0.0526. The summed E-state index contributed by atoms with van der Waals surface area (Å²) >= 11 is 0. The van der Waals surface area contributed by atoms with Crippen molar-refractivity contribution >= 4 is 18.2 Å². The molecule has 0 radical (unpaired) electrons. The molecule has 0 bridgehead atoms. The van der Waals surface area contributed by atoms with E-state index in [0.717, 1.165) is 22.3 Å². The SMILES string of the molecule is C=Cc1ccc(CN)cc1.C=Cc1ccccc1C=C. The summed E-state index contributed by atoms with van der Waals surface area (Å²) < 4.78 is 0. The van der Waals surface area contributed by atoms with Crippen LogP contribution in [0.1, 0.15) is 22.3 Å². The van der Waals surface area contributed by atoms with Crippen LogP contribution in [0.2, 0.25) is 0 Å². The van der Waals surface area contributed by atoms with Crippen LogP contribution in [-0.2, 0) is 6.54 Å². The second-order valence-electron chi connectivity index (χ2n) is 4.19. The Balaban J connectivity index is 0.000000200. The molecule has 2 aromatic rings. The van der Waals surface area contributed by atoms with Crippen LogP contribution in [0.25, 0.3) is 18.2 Å². The van der Waals surface area contributed by atoms with Gasteiger partial charge in [0.25, 0.3) is 0 Å². The second-order valence-corrected chi connectivity index (χ2v) is 4.19. The zero-order valence-corrected chi connectivity index (χ0v) is 11.8. The first-order valence-electron chi connectivity index (χ1n) is 6.50. The van der Waals surface area contributed by atoms with Crippen molar-refractivity contribution in [3.05, 3.63) is 90.5 Å². The van der Waals surface area contributed by atoms with Gasteiger partial charge in [0.05, 0.1) is 0 Å². The van der Waals surface area contributed by atoms with Crippen LogP contribution < -0.4 is 5.73 Å². The average Bonchev–Trinajstić information content (AvgIpc) is 2.55. The molecule has 102 valence electrons. The van der Waals surface area contributed by atoms with Crippen molar-refractivity contribution in [1.82, 2.24) is 0 Å². The minimum atomic E-state index is 0.609. The average molecular weight is 263 g/mol. The van der Waals surface area contributed by atoms with Crippen molar-refractivity contribution in [2.45, 2.75) is 6.54 Å². The highest BCUT2D eigenvalue weighted by atomic mass is 14.5. The van der Waals surface area contributed by atoms with Gasteiger partial charge in [0.15, 0.2) is 0 Å². The molecule has 0 saturated carbocycles. The van der Waals surface area contributed by atoms with Gasteiger partial charge in [0.2, 0.25) is 0 Å². The zero-order valence-electron chi connectivity index (χ0n) is 11.8. The van der Waals surface area contributed by atoms with E-state index >= 15 is 0 Å². The Morgan fingerprint density at radius 2 is 1.25 bits per heavy atom. The molecule has 0 fully saturated rings. The minimum absolute atomic E-state index is 0.609. The van der Waals surface area contributed by atoms with Gasteiger partial charge in [0.1, 0.15) is 0 Å². The number of hydrogen-bond acceptors (Lipinski definition) is 1. The fourth-order valence-corrected chi connectivity index (χ4v) is 1.67. The molecule has 0 atom stereocenters. The molecular formula is C19H21N. The molecule has 1 heteroatoms. The summed E-state index contributed by atoms with van der Waals surface area (Å²) in [6.07, 6.45) is 5.48. The summed E-state index contributed by atoms with van der Waals surface area (Å²) in [7, 11) is 0. The number of nitrogens with two attached hydrogens (primary N) is 1. The van der Waals surface area contributed by atoms with E-state index in [9.17, 15) is 0 Å². The van der Waals surface area contributed by atoms with Gasteiger partial charge in [-0.05, 0) is 22.3 Å². The maximum atomic E-state index is 5.42. The van der Waals surface area contributed by atoms with E-state index < -0.39 is 0 Å². The number of hydrogen-bond donors (Lipinski definition) is 1. The molecule has 0 unspecified atom stereocenters. The van der Waals surface area contributed by atoms with Gasteiger partial charge in [-0.2, -0.15) is 0 Å². The smallest absolute Gasteiger partial charge is 0.0178 e. The van der Waals surface area contributed by atoms with Crippen molar-refractivity contribution in [2.75, 3.05) is 0 Å². The van der Waals surface area contributed by atoms with Crippen LogP contribution in [0.5, 0.6) is 0 Å². The molecule has 2 N–H and O–H groups in total. The van der Waals surface area contributed by atoms with Gasteiger partial charge in [0, 0.05) is 6.54 Å². The minimum Gasteiger partial charge on any atom is -0.326 e. The van der Waals surface area contributed by atoms with Crippen molar-refractivity contribution in [1.29, 1.82) is 0 Å². The van der Waals surface area contributed by atoms with E-state index in [4.69, 9.17) is 5.73 Å². The molecule has 0 aliphatic carbocycles. The summed E-state index contributed by atoms with van der Waals surface area (Å²) in [4.78, 5) is 0. The molecule has 0 aromatic heterocycles. The Labute approximate surface area is 121 Å². The third-order valence-electron chi connectivity index (χ3n) is 2.89. The maximum Gasteiger partial charge on any atom is 0.0178 e. The monoisotopic (exact) mass is 263 g/mol. The highest BCUT2D eigenvalue weighted by Crippen LogP contribution is 2.10. The van der Waals surface area contributed by atoms with Crippen molar-refractivity contribution in [3.8, 4) is 0 Å². The standard InChI is InChI=1S/C10H10.C9H11N/c1-3-9-7-5-6-8-10(9)4-2;1-2-8-3-5-9(7-10)6-4-8/h3-8H,1-2H2;2-6H,1,7,10H2. The summed E-state index contributed by atoms with van der Waals surface area (Å²) in [5.41, 5.74) is 9.98. The normalized spacial score (nSPS) is 9.05. The highest BCUT2D eigenvalue weighted by Gasteiger charge is 1.89. The van der Waals surface area contributed by atoms with Crippen LogP contribution in [0.3, 0.4) is 0 Å². The topological polar surface area (TPSA) is 26.0 Å². The Morgan fingerprint density at radius 1 is 0.750 bits per heavy atom. The molecule has 20 heavy (non-hydrogen) atoms. The molecule has 1 nitrogen and oxygen atoms in total. The molecule has 0 amide bonds. The molecular weight excluding hydrogens is 242 g/mol. The zero-order chi connectivity index (χ0) is 14.8. The molecule has 2 aromatic carbocycles. The predicted molar refractivity (Wildman–Crippen MR) is 91.0 cm³/mol. The van der Waals surface area contributed by atoms with Gasteiger partial charge in [-0.3, -0.25) is 0 Å². The van der Waals surface area contributed by atoms with E-state index in [1.165, 1.54) is 0 Å². The highest BCUT2D eigenvalue weighted by molar-refractivity contribution is 5.63. The number of benzene rings is 2. The molecule has 2 rings (SSSR count). The molecule has 0 saturated heterocycles. The van der Waals surface area contributed by atoms with Crippen LogP contribution >= 0.6 is 0 Å². The fourth-order valence-electron chi connectivity index (χ4n) is 1.67. The van der Waals surface area contributed by atoms with Crippen LogP contribution in [0.15, 0.2) is 68.3 Å². The quantitative estimate of drug-likeness (QED) is 0.845. The summed E-state index contributed by atoms with van der Waals surface area (Å²) in [6, 6.07) is 16.1. The Morgan fingerprint density at radius 3 is 1.60 bits per heavy atom. The van der Waals surface area contributed by atoms with Crippen molar-refractivity contribution < 1.29 is 0 Å². The Kier molecular flexibility index (Phi) is 6.80. The second kappa shape index (κ2) is 8.68. The Bertz CT molecular complexity index is 538. The van der Waals surface area contributed by atoms with E-state index in [2.05, 4.69) is 19.7 Å². The largest absolute Gasteiger partial charge is 0.326 e. The van der Waals surface area contributed by atoms with Crippen LogP contribution in [0, 0.1) is 0 Å². The lowest BCUT2D eigenvalue weighted by atomic mass is 10.1. The molecule has 0 aliphatic rings. The van der Waals surface area contributed by atoms with E-state index in [1.54, 1.807) is 0 Å². The number of rotatable bonds is 4. The van der Waals surface area contributed by atoms with Crippen LogP contribution in [-0.4, -0.2) is 0 Å². The lowest BCUT2D eigenvalue weighted by Gasteiger charge is -1.96. The first-order chi connectivity index (χ1) is 9.74. The van der Waals surface area contributed by atoms with Crippen molar-refractivity contribution in [3.63, 3.8) is 0 Å². The van der Waals surface area contributed by atoms with Crippen LogP contribution in [0.4, 0.5) is 0 Å².